The number of nitrogens with one attached hydrogen (secondary N) is 1. The first-order chi connectivity index (χ1) is 6.45. The smallest absolute Gasteiger partial charge is 0.0508 e. The Labute approximate surface area is 86.5 Å². The van der Waals surface area contributed by atoms with Crippen LogP contribution in [0.4, 0.5) is 0 Å². The molecule has 2 heteroatoms. The minimum Gasteiger partial charge on any atom is -0.271 e. The molecule has 0 heterocycles. The Morgan fingerprint density at radius 1 is 1.29 bits per heavy atom. The van der Waals surface area contributed by atoms with E-state index in [1.54, 1.807) is 0 Å². The van der Waals surface area contributed by atoms with E-state index in [1.807, 2.05) is 0 Å². The van der Waals surface area contributed by atoms with Gasteiger partial charge in [0.2, 0.25) is 0 Å². The van der Waals surface area contributed by atoms with E-state index in [0.717, 1.165) is 0 Å². The first-order valence-corrected chi connectivity index (χ1v) is 4.98. The predicted molar refractivity (Wildman–Crippen MR) is 60.7 cm³/mol. The third-order valence-corrected chi connectivity index (χ3v) is 2.41. The summed E-state index contributed by atoms with van der Waals surface area (Å²) in [7, 11) is 0. The van der Waals surface area contributed by atoms with Crippen LogP contribution >= 0.6 is 0 Å². The molecule has 0 saturated carbocycles. The zero-order chi connectivity index (χ0) is 10.8. The van der Waals surface area contributed by atoms with Crippen molar-refractivity contribution < 1.29 is 0 Å². The highest BCUT2D eigenvalue weighted by Crippen LogP contribution is 2.32. The molecule has 1 atom stereocenters. The fraction of sp³-hybridized carbons (Fsp3) is 0.500. The van der Waals surface area contributed by atoms with Crippen LogP contribution < -0.4 is 11.3 Å². The van der Waals surface area contributed by atoms with Gasteiger partial charge in [0.05, 0.1) is 6.04 Å². The van der Waals surface area contributed by atoms with Gasteiger partial charge >= 0.3 is 0 Å². The average Bonchev–Trinajstić information content (AvgIpc) is 2.02. The summed E-state index contributed by atoms with van der Waals surface area (Å²) in [5, 5.41) is 0. The van der Waals surface area contributed by atoms with Gasteiger partial charge in [0.1, 0.15) is 0 Å². The highest BCUT2D eigenvalue weighted by atomic mass is 15.2. The van der Waals surface area contributed by atoms with Crippen LogP contribution in [0.2, 0.25) is 0 Å². The topological polar surface area (TPSA) is 38.0 Å². The van der Waals surface area contributed by atoms with Gasteiger partial charge in [0, 0.05) is 0 Å². The molecule has 1 rings (SSSR count). The standard InChI is InChI=1S/C12H20N2/c1-9-6-5-7-10(8-9)11(14-13)12(2,3)4/h5-8,11,14H,13H2,1-4H3. The zero-order valence-electron chi connectivity index (χ0n) is 9.46. The number of hydrogen-bond acceptors (Lipinski definition) is 2. The molecular weight excluding hydrogens is 172 g/mol. The molecule has 14 heavy (non-hydrogen) atoms. The molecule has 1 unspecified atom stereocenters. The molecule has 0 spiro atoms. The second-order valence-electron chi connectivity index (χ2n) is 4.88. The quantitative estimate of drug-likeness (QED) is 0.558. The number of rotatable bonds is 2. The van der Waals surface area contributed by atoms with E-state index in [0.29, 0.717) is 0 Å². The first kappa shape index (κ1) is 11.2. The highest BCUT2D eigenvalue weighted by Gasteiger charge is 2.24. The number of nitrogens with two attached hydrogens (primary N) is 1. The minimum atomic E-state index is 0.128. The maximum atomic E-state index is 5.59. The van der Waals surface area contributed by atoms with Gasteiger partial charge in [-0.15, -0.1) is 0 Å². The Morgan fingerprint density at radius 2 is 1.93 bits per heavy atom. The summed E-state index contributed by atoms with van der Waals surface area (Å²) in [6.07, 6.45) is 0. The van der Waals surface area contributed by atoms with Crippen molar-refractivity contribution in [1.29, 1.82) is 0 Å². The average molecular weight is 192 g/mol. The summed E-state index contributed by atoms with van der Waals surface area (Å²) in [4.78, 5) is 0. The molecule has 1 aromatic carbocycles. The van der Waals surface area contributed by atoms with Gasteiger partial charge in [-0.2, -0.15) is 0 Å². The van der Waals surface area contributed by atoms with Crippen molar-refractivity contribution in [2.24, 2.45) is 11.3 Å². The molecule has 0 aromatic heterocycles. The maximum absolute atomic E-state index is 5.59. The number of aryl methyl sites for hydroxylation is 1. The molecule has 0 amide bonds. The molecule has 0 bridgehead atoms. The van der Waals surface area contributed by atoms with Crippen LogP contribution in [0.1, 0.15) is 37.9 Å². The second kappa shape index (κ2) is 4.11. The normalized spacial score (nSPS) is 14.1. The van der Waals surface area contributed by atoms with Gasteiger partial charge in [0.25, 0.3) is 0 Å². The van der Waals surface area contributed by atoms with E-state index < -0.39 is 0 Å². The van der Waals surface area contributed by atoms with E-state index in [1.165, 1.54) is 11.1 Å². The summed E-state index contributed by atoms with van der Waals surface area (Å²) in [6.45, 7) is 8.64. The molecule has 0 radical (unpaired) electrons. The molecule has 0 aliphatic rings. The zero-order valence-corrected chi connectivity index (χ0v) is 9.46. The molecule has 1 aromatic rings. The predicted octanol–water partition coefficient (Wildman–Crippen LogP) is 2.55. The molecule has 2 nitrogen and oxygen atoms in total. The van der Waals surface area contributed by atoms with E-state index in [4.69, 9.17) is 5.84 Å². The summed E-state index contributed by atoms with van der Waals surface area (Å²) in [5.74, 6) is 5.59. The lowest BCUT2D eigenvalue weighted by Crippen LogP contribution is -2.36. The van der Waals surface area contributed by atoms with Crippen molar-refractivity contribution in [3.8, 4) is 0 Å². The van der Waals surface area contributed by atoms with Gasteiger partial charge in [-0.3, -0.25) is 11.3 Å². The summed E-state index contributed by atoms with van der Waals surface area (Å²) >= 11 is 0. The van der Waals surface area contributed by atoms with Crippen LogP contribution in [0.25, 0.3) is 0 Å². The van der Waals surface area contributed by atoms with E-state index in [2.05, 4.69) is 57.4 Å². The maximum Gasteiger partial charge on any atom is 0.0508 e. The van der Waals surface area contributed by atoms with Crippen LogP contribution in [0, 0.1) is 12.3 Å². The van der Waals surface area contributed by atoms with Crippen LogP contribution in [-0.2, 0) is 0 Å². The van der Waals surface area contributed by atoms with Gasteiger partial charge in [-0.25, -0.2) is 0 Å². The Balaban J connectivity index is 3.01. The van der Waals surface area contributed by atoms with Crippen molar-refractivity contribution in [3.63, 3.8) is 0 Å². The molecule has 3 N–H and O–H groups in total. The van der Waals surface area contributed by atoms with Crippen LogP contribution in [0.3, 0.4) is 0 Å². The fourth-order valence-electron chi connectivity index (χ4n) is 1.70. The summed E-state index contributed by atoms with van der Waals surface area (Å²) in [5.41, 5.74) is 5.53. The lowest BCUT2D eigenvalue weighted by molar-refractivity contribution is 0.275. The van der Waals surface area contributed by atoms with Crippen molar-refractivity contribution in [2.75, 3.05) is 0 Å². The molecule has 0 fully saturated rings. The van der Waals surface area contributed by atoms with E-state index in [9.17, 15) is 0 Å². The minimum absolute atomic E-state index is 0.128. The summed E-state index contributed by atoms with van der Waals surface area (Å²) in [6, 6.07) is 8.65. The van der Waals surface area contributed by atoms with Crippen molar-refractivity contribution in [2.45, 2.75) is 33.7 Å². The van der Waals surface area contributed by atoms with E-state index >= 15 is 0 Å². The molecule has 78 valence electrons. The SMILES string of the molecule is Cc1cccc(C(NN)C(C)(C)C)c1. The molecule has 0 aliphatic carbocycles. The van der Waals surface area contributed by atoms with Crippen LogP contribution in [-0.4, -0.2) is 0 Å². The van der Waals surface area contributed by atoms with Gasteiger partial charge in [0.15, 0.2) is 0 Å². The summed E-state index contributed by atoms with van der Waals surface area (Å²) < 4.78 is 0. The molecule has 0 saturated heterocycles. The van der Waals surface area contributed by atoms with Crippen molar-refractivity contribution in [3.05, 3.63) is 35.4 Å². The molecular formula is C12H20N2. The largest absolute Gasteiger partial charge is 0.271 e. The lowest BCUT2D eigenvalue weighted by atomic mass is 9.82. The highest BCUT2D eigenvalue weighted by molar-refractivity contribution is 5.26. The molecule has 0 aliphatic heterocycles. The van der Waals surface area contributed by atoms with Gasteiger partial charge < -0.3 is 0 Å². The Morgan fingerprint density at radius 3 is 2.36 bits per heavy atom. The van der Waals surface area contributed by atoms with E-state index in [-0.39, 0.29) is 11.5 Å². The third kappa shape index (κ3) is 2.56. The first-order valence-electron chi connectivity index (χ1n) is 4.98. The lowest BCUT2D eigenvalue weighted by Gasteiger charge is -2.30. The number of benzene rings is 1. The van der Waals surface area contributed by atoms with Crippen molar-refractivity contribution >= 4 is 0 Å². The monoisotopic (exact) mass is 192 g/mol. The number of hydrazine groups is 1. The Kier molecular flexibility index (Phi) is 3.29. The van der Waals surface area contributed by atoms with Gasteiger partial charge in [-0.05, 0) is 17.9 Å². The van der Waals surface area contributed by atoms with Crippen LogP contribution in [0.15, 0.2) is 24.3 Å². The fourth-order valence-corrected chi connectivity index (χ4v) is 1.70. The number of hydrogen-bond donors (Lipinski definition) is 2. The third-order valence-electron chi connectivity index (χ3n) is 2.41. The van der Waals surface area contributed by atoms with Crippen molar-refractivity contribution in [1.82, 2.24) is 5.43 Å². The Bertz CT molecular complexity index is 299. The second-order valence-corrected chi connectivity index (χ2v) is 4.88. The van der Waals surface area contributed by atoms with Gasteiger partial charge in [-0.1, -0.05) is 50.6 Å². The Hall–Kier alpha value is -0.860. The van der Waals surface area contributed by atoms with Crippen LogP contribution in [0.5, 0.6) is 0 Å².